The lowest BCUT2D eigenvalue weighted by Crippen LogP contribution is -2.62. The van der Waals surface area contributed by atoms with Crippen LogP contribution >= 0.6 is 0 Å². The van der Waals surface area contributed by atoms with Crippen molar-refractivity contribution in [3.8, 4) is 0 Å². The van der Waals surface area contributed by atoms with Crippen LogP contribution in [0, 0.1) is 0 Å². The predicted molar refractivity (Wildman–Crippen MR) is 99.4 cm³/mol. The molecule has 26 heavy (non-hydrogen) atoms. The molecule has 1 aliphatic heterocycles. The Bertz CT molecular complexity index is 652. The van der Waals surface area contributed by atoms with E-state index in [0.29, 0.717) is 13.2 Å². The van der Waals surface area contributed by atoms with E-state index in [2.05, 4.69) is 0 Å². The highest BCUT2D eigenvalue weighted by Crippen LogP contribution is 2.26. The molecule has 0 spiro atoms. The zero-order valence-corrected chi connectivity index (χ0v) is 15.3. The molecule has 1 heterocycles. The summed E-state index contributed by atoms with van der Waals surface area (Å²) in [6.45, 7) is 2.85. The zero-order valence-electron chi connectivity index (χ0n) is 15.3. The maximum absolute atomic E-state index is 6.34. The number of hydrogen-bond donors (Lipinski definition) is 1. The molecular weight excluding hydrogens is 330 g/mol. The van der Waals surface area contributed by atoms with Gasteiger partial charge in [-0.15, -0.1) is 0 Å². The Labute approximate surface area is 155 Å². The first-order valence-corrected chi connectivity index (χ1v) is 8.94. The van der Waals surface area contributed by atoms with Crippen molar-refractivity contribution in [2.24, 2.45) is 5.73 Å². The van der Waals surface area contributed by atoms with Crippen molar-refractivity contribution in [1.29, 1.82) is 0 Å². The minimum atomic E-state index is -0.532. The molecule has 2 aromatic carbocycles. The van der Waals surface area contributed by atoms with E-state index in [0.717, 1.165) is 11.1 Å². The van der Waals surface area contributed by atoms with Gasteiger partial charge in [0.1, 0.15) is 12.2 Å². The van der Waals surface area contributed by atoms with Gasteiger partial charge in [0.15, 0.2) is 6.29 Å². The fraction of sp³-hybridized carbons (Fsp3) is 0.429. The van der Waals surface area contributed by atoms with Crippen molar-refractivity contribution < 1.29 is 18.9 Å². The zero-order chi connectivity index (χ0) is 18.4. The number of methoxy groups -OCH3 is 1. The van der Waals surface area contributed by atoms with E-state index < -0.39 is 12.4 Å². The van der Waals surface area contributed by atoms with Crippen LogP contribution in [-0.2, 0) is 32.2 Å². The summed E-state index contributed by atoms with van der Waals surface area (Å²) in [6, 6.07) is 19.7. The van der Waals surface area contributed by atoms with Crippen LogP contribution in [0.3, 0.4) is 0 Å². The number of hydrogen-bond acceptors (Lipinski definition) is 5. The van der Waals surface area contributed by atoms with E-state index in [4.69, 9.17) is 24.7 Å². The molecule has 5 nitrogen and oxygen atoms in total. The third-order valence-corrected chi connectivity index (χ3v) is 4.68. The Kier molecular flexibility index (Phi) is 6.77. The summed E-state index contributed by atoms with van der Waals surface area (Å²) in [5.74, 6) is 0. The largest absolute Gasteiger partial charge is 0.373 e. The van der Waals surface area contributed by atoms with E-state index in [1.54, 1.807) is 7.11 Å². The van der Waals surface area contributed by atoms with E-state index in [9.17, 15) is 0 Å². The predicted octanol–water partition coefficient (Wildman–Crippen LogP) is 2.88. The molecule has 1 saturated heterocycles. The van der Waals surface area contributed by atoms with Crippen LogP contribution in [0.25, 0.3) is 0 Å². The van der Waals surface area contributed by atoms with Crippen molar-refractivity contribution in [3.05, 3.63) is 71.8 Å². The lowest BCUT2D eigenvalue weighted by Gasteiger charge is -2.43. The summed E-state index contributed by atoms with van der Waals surface area (Å²) in [4.78, 5) is 0. The second kappa shape index (κ2) is 9.26. The van der Waals surface area contributed by atoms with Gasteiger partial charge in [-0.25, -0.2) is 0 Å². The van der Waals surface area contributed by atoms with Crippen LogP contribution < -0.4 is 5.73 Å². The van der Waals surface area contributed by atoms with E-state index in [1.807, 2.05) is 67.6 Å². The molecule has 3 rings (SSSR count). The molecule has 5 heteroatoms. The molecule has 5 atom stereocenters. The first-order valence-electron chi connectivity index (χ1n) is 8.94. The normalized spacial score (nSPS) is 28.8. The molecule has 1 unspecified atom stereocenters. The average molecular weight is 357 g/mol. The van der Waals surface area contributed by atoms with Crippen LogP contribution in [0.4, 0.5) is 0 Å². The summed E-state index contributed by atoms with van der Waals surface area (Å²) in [6.07, 6.45) is -1.43. The summed E-state index contributed by atoms with van der Waals surface area (Å²) < 4.78 is 23.7. The van der Waals surface area contributed by atoms with Crippen molar-refractivity contribution in [1.82, 2.24) is 0 Å². The molecule has 2 aromatic rings. The van der Waals surface area contributed by atoms with Crippen LogP contribution in [-0.4, -0.2) is 37.8 Å². The first-order chi connectivity index (χ1) is 12.7. The smallest absolute Gasteiger partial charge is 0.187 e. The minimum absolute atomic E-state index is 0.192. The van der Waals surface area contributed by atoms with E-state index in [-0.39, 0.29) is 18.2 Å². The van der Waals surface area contributed by atoms with Gasteiger partial charge in [0.2, 0.25) is 0 Å². The van der Waals surface area contributed by atoms with Gasteiger partial charge in [-0.05, 0) is 18.1 Å². The number of ether oxygens (including phenoxy) is 4. The standard InChI is InChI=1S/C21H27NO4/c1-15-18(22)19(24-13-16-9-5-3-6-10-16)20(23-2)21(26-15)25-14-17-11-7-4-8-12-17/h3-12,15,18-21H,13-14,22H2,1-2H3/t15-,18-,19+,20-,21?/m1/s1. The van der Waals surface area contributed by atoms with Gasteiger partial charge in [0.05, 0.1) is 25.4 Å². The molecule has 0 saturated carbocycles. The van der Waals surface area contributed by atoms with Gasteiger partial charge in [0, 0.05) is 7.11 Å². The highest BCUT2D eigenvalue weighted by atomic mass is 16.7. The molecule has 0 amide bonds. The second-order valence-corrected chi connectivity index (χ2v) is 6.55. The lowest BCUT2D eigenvalue weighted by atomic mass is 9.97. The average Bonchev–Trinajstić information content (AvgIpc) is 2.69. The third-order valence-electron chi connectivity index (χ3n) is 4.68. The topological polar surface area (TPSA) is 62.9 Å². The van der Waals surface area contributed by atoms with E-state index in [1.165, 1.54) is 0 Å². The molecule has 1 aliphatic rings. The maximum atomic E-state index is 6.34. The minimum Gasteiger partial charge on any atom is -0.373 e. The molecule has 140 valence electrons. The second-order valence-electron chi connectivity index (χ2n) is 6.55. The van der Waals surface area contributed by atoms with Crippen molar-refractivity contribution in [2.75, 3.05) is 7.11 Å². The van der Waals surface area contributed by atoms with Crippen molar-refractivity contribution in [2.45, 2.75) is 50.8 Å². The fourth-order valence-corrected chi connectivity index (χ4v) is 3.13. The summed E-state index contributed by atoms with van der Waals surface area (Å²) in [5, 5.41) is 0. The molecular formula is C21H27NO4. The van der Waals surface area contributed by atoms with Gasteiger partial charge in [-0.2, -0.15) is 0 Å². The molecule has 1 fully saturated rings. The Morgan fingerprint density at radius 1 is 0.846 bits per heavy atom. The molecule has 0 aliphatic carbocycles. The van der Waals surface area contributed by atoms with Gasteiger partial charge in [0.25, 0.3) is 0 Å². The highest BCUT2D eigenvalue weighted by Gasteiger charge is 2.44. The van der Waals surface area contributed by atoms with E-state index >= 15 is 0 Å². The third kappa shape index (κ3) is 4.69. The van der Waals surface area contributed by atoms with Crippen molar-refractivity contribution in [3.63, 3.8) is 0 Å². The Morgan fingerprint density at radius 3 is 1.92 bits per heavy atom. The number of nitrogens with two attached hydrogens (primary N) is 1. The van der Waals surface area contributed by atoms with Crippen LogP contribution in [0.2, 0.25) is 0 Å². The van der Waals surface area contributed by atoms with Crippen LogP contribution in [0.1, 0.15) is 18.1 Å². The van der Waals surface area contributed by atoms with Gasteiger partial charge >= 0.3 is 0 Å². The van der Waals surface area contributed by atoms with Gasteiger partial charge in [-0.1, -0.05) is 60.7 Å². The summed E-state index contributed by atoms with van der Waals surface area (Å²) >= 11 is 0. The number of benzene rings is 2. The highest BCUT2D eigenvalue weighted by molar-refractivity contribution is 5.14. The monoisotopic (exact) mass is 357 g/mol. The lowest BCUT2D eigenvalue weighted by molar-refractivity contribution is -0.286. The fourth-order valence-electron chi connectivity index (χ4n) is 3.13. The summed E-state index contributed by atoms with van der Waals surface area (Å²) in [5.41, 5.74) is 8.51. The van der Waals surface area contributed by atoms with Crippen molar-refractivity contribution >= 4 is 0 Å². The van der Waals surface area contributed by atoms with Gasteiger partial charge in [-0.3, -0.25) is 0 Å². The maximum Gasteiger partial charge on any atom is 0.187 e. The molecule has 2 N–H and O–H groups in total. The first kappa shape index (κ1) is 19.0. The quantitative estimate of drug-likeness (QED) is 0.826. The molecule has 0 bridgehead atoms. The summed E-state index contributed by atoms with van der Waals surface area (Å²) in [7, 11) is 1.63. The molecule has 0 radical (unpaired) electrons. The number of rotatable bonds is 7. The van der Waals surface area contributed by atoms with Crippen LogP contribution in [0.5, 0.6) is 0 Å². The van der Waals surface area contributed by atoms with Gasteiger partial charge < -0.3 is 24.7 Å². The Hall–Kier alpha value is -1.76. The molecule has 0 aromatic heterocycles. The Morgan fingerprint density at radius 2 is 1.38 bits per heavy atom. The SMILES string of the molecule is CO[C@H]1C(OCc2ccccc2)O[C@H](C)[C@@H](N)[C@@H]1OCc1ccccc1. The Balaban J connectivity index is 1.66. The van der Waals surface area contributed by atoms with Crippen LogP contribution in [0.15, 0.2) is 60.7 Å².